The summed E-state index contributed by atoms with van der Waals surface area (Å²) < 4.78 is 6.13. The first-order chi connectivity index (χ1) is 16.6. The Labute approximate surface area is 202 Å². The molecule has 0 saturated carbocycles. The SMILES string of the molecule is CN1CCOc2ccccc2CCCCC2(CCN(C(=O)c3cnc4ccccc4c3)CC2)C1. The molecule has 1 spiro atoms. The van der Waals surface area contributed by atoms with Crippen LogP contribution in [0.15, 0.2) is 60.8 Å². The second kappa shape index (κ2) is 10.1. The predicted molar refractivity (Wildman–Crippen MR) is 136 cm³/mol. The van der Waals surface area contributed by atoms with Gasteiger partial charge >= 0.3 is 0 Å². The van der Waals surface area contributed by atoms with E-state index in [-0.39, 0.29) is 11.3 Å². The summed E-state index contributed by atoms with van der Waals surface area (Å²) in [6, 6.07) is 18.4. The summed E-state index contributed by atoms with van der Waals surface area (Å²) in [5.41, 5.74) is 3.22. The Kier molecular flexibility index (Phi) is 6.82. The Morgan fingerprint density at radius 3 is 2.65 bits per heavy atom. The van der Waals surface area contributed by atoms with Crippen molar-refractivity contribution < 1.29 is 9.53 Å². The minimum absolute atomic E-state index is 0.111. The molecule has 2 aliphatic rings. The third kappa shape index (κ3) is 5.10. The van der Waals surface area contributed by atoms with Gasteiger partial charge in [0.05, 0.1) is 11.1 Å². The van der Waals surface area contributed by atoms with Crippen LogP contribution in [0.5, 0.6) is 5.75 Å². The highest BCUT2D eigenvalue weighted by Gasteiger charge is 2.36. The minimum Gasteiger partial charge on any atom is -0.492 e. The van der Waals surface area contributed by atoms with Gasteiger partial charge in [0.25, 0.3) is 5.91 Å². The Morgan fingerprint density at radius 1 is 0.971 bits per heavy atom. The summed E-state index contributed by atoms with van der Waals surface area (Å²) in [6.45, 7) is 4.33. The number of rotatable bonds is 1. The summed E-state index contributed by atoms with van der Waals surface area (Å²) in [4.78, 5) is 22.2. The van der Waals surface area contributed by atoms with Crippen molar-refractivity contribution in [2.45, 2.75) is 38.5 Å². The van der Waals surface area contributed by atoms with Gasteiger partial charge in [0.1, 0.15) is 12.4 Å². The summed E-state index contributed by atoms with van der Waals surface area (Å²) in [7, 11) is 2.21. The maximum Gasteiger partial charge on any atom is 0.255 e. The molecule has 34 heavy (non-hydrogen) atoms. The number of carbonyl (C=O) groups is 1. The maximum atomic E-state index is 13.3. The molecule has 2 aliphatic heterocycles. The average Bonchev–Trinajstić information content (AvgIpc) is 2.86. The van der Waals surface area contributed by atoms with Crippen molar-refractivity contribution in [1.82, 2.24) is 14.8 Å². The lowest BCUT2D eigenvalue weighted by molar-refractivity contribution is 0.0424. The number of hydrogen-bond acceptors (Lipinski definition) is 4. The van der Waals surface area contributed by atoms with Crippen LogP contribution in [0.4, 0.5) is 0 Å². The summed E-state index contributed by atoms with van der Waals surface area (Å²) in [5.74, 6) is 1.15. The number of likely N-dealkylation sites (tertiary alicyclic amines) is 1. The Bertz CT molecular complexity index is 1140. The molecule has 5 rings (SSSR count). The molecule has 1 saturated heterocycles. The van der Waals surface area contributed by atoms with Crippen LogP contribution in [0.1, 0.15) is 48.0 Å². The summed E-state index contributed by atoms with van der Waals surface area (Å²) in [5, 5.41) is 1.02. The van der Waals surface area contributed by atoms with Crippen LogP contribution < -0.4 is 4.74 Å². The van der Waals surface area contributed by atoms with Crippen molar-refractivity contribution in [3.05, 3.63) is 71.9 Å². The van der Waals surface area contributed by atoms with Gasteiger partial charge in [0.15, 0.2) is 0 Å². The number of benzene rings is 2. The monoisotopic (exact) mass is 457 g/mol. The highest BCUT2D eigenvalue weighted by Crippen LogP contribution is 2.38. The van der Waals surface area contributed by atoms with Crippen LogP contribution in [0.2, 0.25) is 0 Å². The van der Waals surface area contributed by atoms with Crippen LogP contribution in [-0.2, 0) is 6.42 Å². The Morgan fingerprint density at radius 2 is 1.76 bits per heavy atom. The van der Waals surface area contributed by atoms with Crippen LogP contribution in [-0.4, -0.2) is 60.5 Å². The third-order valence-corrected chi connectivity index (χ3v) is 7.66. The van der Waals surface area contributed by atoms with Crippen LogP contribution in [0.25, 0.3) is 10.9 Å². The normalized spacial score (nSPS) is 19.6. The van der Waals surface area contributed by atoms with E-state index < -0.39 is 0 Å². The number of nitrogens with zero attached hydrogens (tertiary/aromatic N) is 3. The van der Waals surface area contributed by atoms with Gasteiger partial charge in [-0.15, -0.1) is 0 Å². The van der Waals surface area contributed by atoms with Gasteiger partial charge < -0.3 is 14.5 Å². The summed E-state index contributed by atoms with van der Waals surface area (Å²) >= 11 is 0. The first-order valence-corrected chi connectivity index (χ1v) is 12.7. The Hall–Kier alpha value is -2.92. The topological polar surface area (TPSA) is 45.7 Å². The van der Waals surface area contributed by atoms with E-state index in [1.807, 2.05) is 35.2 Å². The van der Waals surface area contributed by atoms with Crippen LogP contribution >= 0.6 is 0 Å². The van der Waals surface area contributed by atoms with Crippen LogP contribution in [0, 0.1) is 5.41 Å². The second-order valence-corrected chi connectivity index (χ2v) is 10.1. The number of fused-ring (bicyclic) bond motifs is 2. The number of amides is 1. The van der Waals surface area contributed by atoms with E-state index in [0.717, 1.165) is 62.1 Å². The van der Waals surface area contributed by atoms with Crippen LogP contribution in [0.3, 0.4) is 0 Å². The fourth-order valence-corrected chi connectivity index (χ4v) is 5.67. The van der Waals surface area contributed by atoms with Gasteiger partial charge in [-0.1, -0.05) is 42.8 Å². The van der Waals surface area contributed by atoms with Crippen molar-refractivity contribution in [3.63, 3.8) is 0 Å². The lowest BCUT2D eigenvalue weighted by Gasteiger charge is -2.44. The molecule has 1 aromatic heterocycles. The number of hydrogen-bond donors (Lipinski definition) is 0. The van der Waals surface area contributed by atoms with Crippen molar-refractivity contribution in [2.24, 2.45) is 5.41 Å². The van der Waals surface area contributed by atoms with Gasteiger partial charge in [-0.2, -0.15) is 0 Å². The number of aromatic nitrogens is 1. The molecular weight excluding hydrogens is 422 g/mol. The molecule has 3 aromatic rings. The number of carbonyl (C=O) groups excluding carboxylic acids is 1. The molecule has 0 N–H and O–H groups in total. The molecule has 0 radical (unpaired) electrons. The molecule has 5 heteroatoms. The third-order valence-electron chi connectivity index (χ3n) is 7.66. The number of ether oxygens (including phenoxy) is 1. The van der Waals surface area contributed by atoms with Crippen molar-refractivity contribution in [2.75, 3.05) is 39.8 Å². The van der Waals surface area contributed by atoms with E-state index >= 15 is 0 Å². The Balaban J connectivity index is 1.25. The molecule has 1 amide bonds. The second-order valence-electron chi connectivity index (χ2n) is 10.1. The first kappa shape index (κ1) is 22.9. The average molecular weight is 458 g/mol. The molecule has 0 aliphatic carbocycles. The zero-order chi connectivity index (χ0) is 23.4. The molecule has 0 unspecified atom stereocenters. The lowest BCUT2D eigenvalue weighted by atomic mass is 9.73. The minimum atomic E-state index is 0.111. The molecule has 178 valence electrons. The predicted octanol–water partition coefficient (Wildman–Crippen LogP) is 5.19. The molecule has 3 heterocycles. The van der Waals surface area contributed by atoms with Crippen molar-refractivity contribution in [1.29, 1.82) is 0 Å². The number of piperidine rings is 1. The maximum absolute atomic E-state index is 13.3. The number of aryl methyl sites for hydroxylation is 1. The van der Waals surface area contributed by atoms with Gasteiger partial charge in [0, 0.05) is 37.8 Å². The van der Waals surface area contributed by atoms with Crippen molar-refractivity contribution in [3.8, 4) is 5.75 Å². The highest BCUT2D eigenvalue weighted by molar-refractivity contribution is 5.97. The van der Waals surface area contributed by atoms with E-state index in [1.54, 1.807) is 6.20 Å². The largest absolute Gasteiger partial charge is 0.492 e. The van der Waals surface area contributed by atoms with E-state index in [4.69, 9.17) is 4.74 Å². The molecule has 2 aromatic carbocycles. The summed E-state index contributed by atoms with van der Waals surface area (Å²) in [6.07, 6.45) is 8.53. The van der Waals surface area contributed by atoms with E-state index in [9.17, 15) is 4.79 Å². The van der Waals surface area contributed by atoms with Gasteiger partial charge in [-0.3, -0.25) is 9.78 Å². The molecule has 1 fully saturated rings. The lowest BCUT2D eigenvalue weighted by Crippen LogP contribution is -2.48. The van der Waals surface area contributed by atoms with E-state index in [0.29, 0.717) is 12.2 Å². The zero-order valence-electron chi connectivity index (χ0n) is 20.2. The molecule has 0 bridgehead atoms. The van der Waals surface area contributed by atoms with E-state index in [1.165, 1.54) is 24.8 Å². The molecule has 5 nitrogen and oxygen atoms in total. The molecular formula is C29H35N3O2. The number of pyridine rings is 1. The molecule has 0 atom stereocenters. The smallest absolute Gasteiger partial charge is 0.255 e. The number of para-hydroxylation sites is 2. The highest BCUT2D eigenvalue weighted by atomic mass is 16.5. The standard InChI is InChI=1S/C29H35N3O2/c1-31-18-19-34-27-12-5-3-8-23(27)9-6-7-13-29(22-31)14-16-32(17-15-29)28(33)25-20-24-10-2-4-11-26(24)30-21-25/h2-5,8,10-12,20-21H,6-7,9,13-19,22H2,1H3. The zero-order valence-corrected chi connectivity index (χ0v) is 20.2. The number of likely N-dealkylation sites (N-methyl/N-ethyl adjacent to an activating group) is 1. The first-order valence-electron chi connectivity index (χ1n) is 12.7. The fraction of sp³-hybridized carbons (Fsp3) is 0.448. The quantitative estimate of drug-likeness (QED) is 0.504. The van der Waals surface area contributed by atoms with Gasteiger partial charge in [-0.05, 0) is 68.3 Å². The van der Waals surface area contributed by atoms with E-state index in [2.05, 4.69) is 41.2 Å². The van der Waals surface area contributed by atoms with Gasteiger partial charge in [0.2, 0.25) is 0 Å². The fourth-order valence-electron chi connectivity index (χ4n) is 5.67. The van der Waals surface area contributed by atoms with Crippen molar-refractivity contribution >= 4 is 16.8 Å². The van der Waals surface area contributed by atoms with Gasteiger partial charge in [-0.25, -0.2) is 0 Å².